The lowest BCUT2D eigenvalue weighted by Gasteiger charge is -2.08. The van der Waals surface area contributed by atoms with Crippen LogP contribution in [0.15, 0.2) is 4.52 Å². The molecule has 5 nitrogen and oxygen atoms in total. The van der Waals surface area contributed by atoms with Crippen LogP contribution in [0.25, 0.3) is 0 Å². The summed E-state index contributed by atoms with van der Waals surface area (Å²) in [4.78, 5) is 14.5. The van der Waals surface area contributed by atoms with Crippen LogP contribution in [-0.2, 0) is 16.0 Å². The molecule has 0 aliphatic rings. The lowest BCUT2D eigenvalue weighted by atomic mass is 10.1. The molecule has 20 heavy (non-hydrogen) atoms. The molecule has 0 amide bonds. The molecule has 0 aliphatic carbocycles. The van der Waals surface area contributed by atoms with E-state index in [1.54, 1.807) is 0 Å². The second-order valence-corrected chi connectivity index (χ2v) is 3.85. The number of Topliss-reactive ketones (excluding diaryl/α,β-unsaturated/α-hetero) is 1. The van der Waals surface area contributed by atoms with Crippen molar-refractivity contribution in [3.8, 4) is 0 Å². The van der Waals surface area contributed by atoms with E-state index in [1.807, 2.05) is 0 Å². The summed E-state index contributed by atoms with van der Waals surface area (Å²) in [5.41, 5.74) is 0. The quantitative estimate of drug-likeness (QED) is 0.570. The lowest BCUT2D eigenvalue weighted by molar-refractivity contribution is -0.172. The van der Waals surface area contributed by atoms with E-state index in [0.717, 1.165) is 6.92 Å². The Balaban J connectivity index is 2.52. The fourth-order valence-electron chi connectivity index (χ4n) is 1.24. The summed E-state index contributed by atoms with van der Waals surface area (Å²) in [5, 5.41) is 3.35. The number of hydrogen-bond donors (Lipinski definition) is 0. The number of hydrogen-bond acceptors (Lipinski definition) is 5. The third-order valence-corrected chi connectivity index (χ3v) is 2.24. The first kappa shape index (κ1) is 16.5. The number of ether oxygens (including phenoxy) is 1. The smallest absolute Gasteiger partial charge is 0.375 e. The Kier molecular flexibility index (Phi) is 5.54. The molecular weight excluding hydrogens is 291 g/mol. The molecule has 0 radical (unpaired) electrons. The van der Waals surface area contributed by atoms with E-state index >= 15 is 0 Å². The van der Waals surface area contributed by atoms with Crippen molar-refractivity contribution in [2.75, 3.05) is 13.2 Å². The maximum absolute atomic E-state index is 12.2. The van der Waals surface area contributed by atoms with Crippen LogP contribution >= 0.6 is 0 Å². The van der Waals surface area contributed by atoms with Crippen LogP contribution in [-0.4, -0.2) is 41.7 Å². The number of alkyl halides is 5. The maximum atomic E-state index is 12.2. The minimum atomic E-state index is -4.99. The van der Waals surface area contributed by atoms with Gasteiger partial charge in [-0.3, -0.25) is 4.79 Å². The zero-order valence-electron chi connectivity index (χ0n) is 10.3. The molecule has 0 bridgehead atoms. The predicted molar refractivity (Wildman–Crippen MR) is 54.3 cm³/mol. The van der Waals surface area contributed by atoms with Crippen LogP contribution in [0.3, 0.4) is 0 Å². The highest BCUT2D eigenvalue weighted by molar-refractivity contribution is 5.89. The number of carbonyl (C=O) groups is 1. The van der Waals surface area contributed by atoms with Gasteiger partial charge in [0.15, 0.2) is 5.82 Å². The molecule has 0 spiro atoms. The summed E-state index contributed by atoms with van der Waals surface area (Å²) in [7, 11) is 0. The minimum Gasteiger partial charge on any atom is -0.375 e. The molecule has 1 aromatic rings. The lowest BCUT2D eigenvalue weighted by Crippen LogP contribution is -2.27. The molecule has 0 aliphatic heterocycles. The second-order valence-electron chi connectivity index (χ2n) is 3.85. The van der Waals surface area contributed by atoms with Gasteiger partial charge in [-0.05, 0) is 6.92 Å². The van der Waals surface area contributed by atoms with Gasteiger partial charge >= 0.3 is 6.18 Å². The first-order chi connectivity index (χ1) is 9.21. The van der Waals surface area contributed by atoms with Gasteiger partial charge < -0.3 is 9.26 Å². The molecule has 1 rings (SSSR count). The van der Waals surface area contributed by atoms with Crippen molar-refractivity contribution in [1.29, 1.82) is 0 Å². The van der Waals surface area contributed by atoms with Crippen LogP contribution in [0.5, 0.6) is 0 Å². The van der Waals surface area contributed by atoms with E-state index in [9.17, 15) is 26.7 Å². The predicted octanol–water partition coefficient (Wildman–Crippen LogP) is 2.13. The maximum Gasteiger partial charge on any atom is 0.450 e. The van der Waals surface area contributed by atoms with E-state index in [1.165, 1.54) is 0 Å². The average Bonchev–Trinajstić information content (AvgIpc) is 2.80. The van der Waals surface area contributed by atoms with Crippen molar-refractivity contribution < 1.29 is 36.0 Å². The van der Waals surface area contributed by atoms with Crippen molar-refractivity contribution in [2.45, 2.75) is 31.9 Å². The number of nitrogens with zero attached hydrogens (tertiary/aromatic N) is 2. The van der Waals surface area contributed by atoms with Crippen molar-refractivity contribution in [1.82, 2.24) is 10.1 Å². The van der Waals surface area contributed by atoms with Gasteiger partial charge in [0.25, 0.3) is 6.43 Å². The molecule has 0 saturated heterocycles. The van der Waals surface area contributed by atoms with E-state index in [2.05, 4.69) is 19.4 Å². The van der Waals surface area contributed by atoms with Crippen LogP contribution < -0.4 is 0 Å². The Morgan fingerprint density at radius 3 is 2.60 bits per heavy atom. The summed E-state index contributed by atoms with van der Waals surface area (Å²) < 4.78 is 69.1. The van der Waals surface area contributed by atoms with Gasteiger partial charge in [0, 0.05) is 6.42 Å². The third-order valence-electron chi connectivity index (χ3n) is 2.24. The first-order valence-electron chi connectivity index (χ1n) is 5.51. The Morgan fingerprint density at radius 2 is 2.05 bits per heavy atom. The highest BCUT2D eigenvalue weighted by Gasteiger charge is 2.43. The Labute approximate surface area is 110 Å². The molecule has 0 saturated carbocycles. The van der Waals surface area contributed by atoms with Crippen molar-refractivity contribution in [3.05, 3.63) is 11.7 Å². The van der Waals surface area contributed by atoms with Gasteiger partial charge in [-0.2, -0.15) is 18.2 Å². The Bertz CT molecular complexity index is 446. The fourth-order valence-corrected chi connectivity index (χ4v) is 1.24. The highest BCUT2D eigenvalue weighted by atomic mass is 19.4. The van der Waals surface area contributed by atoms with Crippen LogP contribution in [0.4, 0.5) is 22.0 Å². The normalized spacial score (nSPS) is 13.8. The van der Waals surface area contributed by atoms with Crippen LogP contribution in [0.2, 0.25) is 0 Å². The fraction of sp³-hybridized carbons (Fsp3) is 0.700. The van der Waals surface area contributed by atoms with E-state index in [0.29, 0.717) is 0 Å². The van der Waals surface area contributed by atoms with Gasteiger partial charge in [-0.15, -0.1) is 0 Å². The SMILES string of the molecule is CC(C(=O)C(F)(F)F)c1nc(CCOCC(F)F)no1. The topological polar surface area (TPSA) is 65.2 Å². The number of carbonyl (C=O) groups excluding carboxylic acids is 1. The zero-order chi connectivity index (χ0) is 15.3. The first-order valence-corrected chi connectivity index (χ1v) is 5.51. The Hall–Kier alpha value is -1.58. The van der Waals surface area contributed by atoms with Gasteiger partial charge in [0.1, 0.15) is 12.5 Å². The molecule has 114 valence electrons. The van der Waals surface area contributed by atoms with Gasteiger partial charge in [0.05, 0.1) is 6.61 Å². The van der Waals surface area contributed by atoms with Gasteiger partial charge in [0.2, 0.25) is 11.7 Å². The molecule has 1 atom stereocenters. The summed E-state index contributed by atoms with van der Waals surface area (Å²) >= 11 is 0. The van der Waals surface area contributed by atoms with Crippen LogP contribution in [0, 0.1) is 0 Å². The van der Waals surface area contributed by atoms with Crippen molar-refractivity contribution in [2.24, 2.45) is 0 Å². The molecule has 0 fully saturated rings. The van der Waals surface area contributed by atoms with Crippen molar-refractivity contribution >= 4 is 5.78 Å². The molecule has 0 N–H and O–H groups in total. The monoisotopic (exact) mass is 302 g/mol. The average molecular weight is 302 g/mol. The third kappa shape index (κ3) is 4.83. The number of ketones is 1. The highest BCUT2D eigenvalue weighted by Crippen LogP contribution is 2.26. The van der Waals surface area contributed by atoms with Crippen molar-refractivity contribution in [3.63, 3.8) is 0 Å². The summed E-state index contributed by atoms with van der Waals surface area (Å²) in [6.07, 6.45) is -7.61. The molecule has 0 aromatic carbocycles. The molecule has 10 heteroatoms. The van der Waals surface area contributed by atoms with Gasteiger partial charge in [-0.1, -0.05) is 5.16 Å². The molecule has 1 aromatic heterocycles. The van der Waals surface area contributed by atoms with Gasteiger partial charge in [-0.25, -0.2) is 8.78 Å². The molecule has 1 heterocycles. The summed E-state index contributed by atoms with van der Waals surface area (Å²) in [6.45, 7) is 0.0962. The largest absolute Gasteiger partial charge is 0.450 e. The minimum absolute atomic E-state index is 0.0108. The second kappa shape index (κ2) is 6.73. The number of aromatic nitrogens is 2. The van der Waals surface area contributed by atoms with Crippen LogP contribution in [0.1, 0.15) is 24.6 Å². The number of halogens is 5. The Morgan fingerprint density at radius 1 is 1.40 bits per heavy atom. The summed E-state index contributed by atoms with van der Waals surface area (Å²) in [6, 6.07) is 0. The zero-order valence-corrected chi connectivity index (χ0v) is 10.3. The van der Waals surface area contributed by atoms with E-state index < -0.39 is 36.8 Å². The number of rotatable bonds is 7. The molecule has 1 unspecified atom stereocenters. The van der Waals surface area contributed by atoms with E-state index in [4.69, 9.17) is 0 Å². The standard InChI is InChI=1S/C10H11F5N2O3/c1-5(8(18)10(13,14)15)9-16-7(17-20-9)2-3-19-4-6(11)12/h5-6H,2-4H2,1H3. The molecular formula is C10H11F5N2O3. The van der Waals surface area contributed by atoms with E-state index in [-0.39, 0.29) is 18.9 Å². The summed E-state index contributed by atoms with van der Waals surface area (Å²) in [5.74, 6) is -4.10.